The SMILES string of the molecule is COc1ccccc1Nc1nc(N)nc(CSCc2ccc(C#N)cc2)n1. The number of para-hydroxylation sites is 2. The molecule has 0 saturated carbocycles. The van der Waals surface area contributed by atoms with Crippen LogP contribution in [0.2, 0.25) is 0 Å². The van der Waals surface area contributed by atoms with E-state index in [0.29, 0.717) is 28.8 Å². The van der Waals surface area contributed by atoms with Gasteiger partial charge in [-0.3, -0.25) is 0 Å². The third kappa shape index (κ3) is 5.09. The molecule has 8 heteroatoms. The van der Waals surface area contributed by atoms with Crippen molar-refractivity contribution >= 4 is 29.3 Å². The lowest BCUT2D eigenvalue weighted by Gasteiger charge is -2.10. The van der Waals surface area contributed by atoms with Crippen LogP contribution in [-0.2, 0) is 11.5 Å². The molecule has 0 radical (unpaired) electrons. The van der Waals surface area contributed by atoms with Crippen molar-refractivity contribution in [3.8, 4) is 11.8 Å². The monoisotopic (exact) mass is 378 g/mol. The predicted molar refractivity (Wildman–Crippen MR) is 107 cm³/mol. The zero-order chi connectivity index (χ0) is 19.1. The molecule has 0 bridgehead atoms. The molecule has 27 heavy (non-hydrogen) atoms. The number of rotatable bonds is 7. The van der Waals surface area contributed by atoms with Crippen LogP contribution in [0.3, 0.4) is 0 Å². The lowest BCUT2D eigenvalue weighted by Crippen LogP contribution is -2.07. The number of nitrogens with one attached hydrogen (secondary N) is 1. The van der Waals surface area contributed by atoms with Crippen LogP contribution in [0.15, 0.2) is 48.5 Å². The molecule has 0 aliphatic rings. The third-order valence-electron chi connectivity index (χ3n) is 3.64. The molecule has 3 aromatic rings. The molecule has 1 heterocycles. The van der Waals surface area contributed by atoms with Gasteiger partial charge in [-0.2, -0.15) is 20.2 Å². The van der Waals surface area contributed by atoms with Crippen LogP contribution in [0, 0.1) is 11.3 Å². The Kier molecular flexibility index (Phi) is 6.07. The van der Waals surface area contributed by atoms with Crippen LogP contribution >= 0.6 is 11.8 Å². The number of hydrogen-bond donors (Lipinski definition) is 2. The van der Waals surface area contributed by atoms with E-state index < -0.39 is 0 Å². The van der Waals surface area contributed by atoms with Crippen molar-refractivity contribution in [3.63, 3.8) is 0 Å². The summed E-state index contributed by atoms with van der Waals surface area (Å²) in [5.74, 6) is 3.20. The second-order valence-electron chi connectivity index (χ2n) is 5.56. The first-order valence-corrected chi connectivity index (χ1v) is 9.30. The fraction of sp³-hybridized carbons (Fsp3) is 0.158. The maximum absolute atomic E-state index is 8.84. The normalized spacial score (nSPS) is 10.2. The van der Waals surface area contributed by atoms with E-state index in [2.05, 4.69) is 26.3 Å². The number of thioether (sulfide) groups is 1. The largest absolute Gasteiger partial charge is 0.495 e. The highest BCUT2D eigenvalue weighted by molar-refractivity contribution is 7.97. The summed E-state index contributed by atoms with van der Waals surface area (Å²) in [5, 5.41) is 12.0. The molecule has 0 aliphatic carbocycles. The molecular weight excluding hydrogens is 360 g/mol. The zero-order valence-corrected chi connectivity index (χ0v) is 15.5. The Morgan fingerprint density at radius 3 is 2.59 bits per heavy atom. The lowest BCUT2D eigenvalue weighted by atomic mass is 10.2. The molecule has 7 nitrogen and oxygen atoms in total. The van der Waals surface area contributed by atoms with Gasteiger partial charge in [-0.15, -0.1) is 11.8 Å². The second kappa shape index (κ2) is 8.87. The Labute approximate surface area is 161 Å². The average molecular weight is 378 g/mol. The first kappa shape index (κ1) is 18.5. The quantitative estimate of drug-likeness (QED) is 0.643. The van der Waals surface area contributed by atoms with Crippen LogP contribution in [0.5, 0.6) is 5.75 Å². The number of nitrogens with two attached hydrogens (primary N) is 1. The molecule has 2 aromatic carbocycles. The van der Waals surface area contributed by atoms with Gasteiger partial charge in [0.1, 0.15) is 11.6 Å². The highest BCUT2D eigenvalue weighted by Gasteiger charge is 2.08. The first-order chi connectivity index (χ1) is 13.2. The van der Waals surface area contributed by atoms with Crippen molar-refractivity contribution < 1.29 is 4.74 Å². The van der Waals surface area contributed by atoms with Gasteiger partial charge in [0.2, 0.25) is 11.9 Å². The summed E-state index contributed by atoms with van der Waals surface area (Å²) in [6.45, 7) is 0. The number of methoxy groups -OCH3 is 1. The van der Waals surface area contributed by atoms with Crippen molar-refractivity contribution in [2.75, 3.05) is 18.2 Å². The Balaban J connectivity index is 1.65. The van der Waals surface area contributed by atoms with E-state index in [1.807, 2.05) is 48.5 Å². The van der Waals surface area contributed by atoms with Crippen molar-refractivity contribution in [2.45, 2.75) is 11.5 Å². The van der Waals surface area contributed by atoms with Gasteiger partial charge in [0.05, 0.1) is 30.2 Å². The summed E-state index contributed by atoms with van der Waals surface area (Å²) < 4.78 is 5.32. The minimum atomic E-state index is 0.163. The fourth-order valence-corrected chi connectivity index (χ4v) is 3.20. The number of aromatic nitrogens is 3. The van der Waals surface area contributed by atoms with E-state index in [4.69, 9.17) is 15.7 Å². The molecule has 1 aromatic heterocycles. The average Bonchev–Trinajstić information content (AvgIpc) is 2.68. The van der Waals surface area contributed by atoms with Crippen LogP contribution in [0.25, 0.3) is 0 Å². The molecule has 0 unspecified atom stereocenters. The summed E-state index contributed by atoms with van der Waals surface area (Å²) in [7, 11) is 1.60. The molecule has 0 aliphatic heterocycles. The zero-order valence-electron chi connectivity index (χ0n) is 14.7. The van der Waals surface area contributed by atoms with Gasteiger partial charge >= 0.3 is 0 Å². The van der Waals surface area contributed by atoms with Gasteiger partial charge in [-0.1, -0.05) is 24.3 Å². The van der Waals surface area contributed by atoms with E-state index in [1.54, 1.807) is 18.9 Å². The van der Waals surface area contributed by atoms with Crippen LogP contribution < -0.4 is 15.8 Å². The molecule has 0 atom stereocenters. The summed E-state index contributed by atoms with van der Waals surface area (Å²) in [5.41, 5.74) is 8.36. The van der Waals surface area contributed by atoms with Crippen molar-refractivity contribution in [2.24, 2.45) is 0 Å². The molecule has 3 rings (SSSR count). The van der Waals surface area contributed by atoms with Gasteiger partial charge in [0.15, 0.2) is 0 Å². The van der Waals surface area contributed by atoms with E-state index in [1.165, 1.54) is 0 Å². The number of nitrogens with zero attached hydrogens (tertiary/aromatic N) is 4. The fourth-order valence-electron chi connectivity index (χ4n) is 2.36. The molecule has 3 N–H and O–H groups in total. The van der Waals surface area contributed by atoms with Crippen molar-refractivity contribution in [1.29, 1.82) is 5.26 Å². The maximum Gasteiger partial charge on any atom is 0.232 e. The van der Waals surface area contributed by atoms with Crippen molar-refractivity contribution in [3.05, 3.63) is 65.5 Å². The number of hydrogen-bond acceptors (Lipinski definition) is 8. The summed E-state index contributed by atoms with van der Waals surface area (Å²) in [4.78, 5) is 12.8. The number of benzene rings is 2. The van der Waals surface area contributed by atoms with Gasteiger partial charge < -0.3 is 15.8 Å². The second-order valence-corrected chi connectivity index (χ2v) is 6.55. The summed E-state index contributed by atoms with van der Waals surface area (Å²) in [6.07, 6.45) is 0. The molecule has 0 spiro atoms. The highest BCUT2D eigenvalue weighted by atomic mass is 32.2. The molecular formula is C19H18N6OS. The van der Waals surface area contributed by atoms with Crippen molar-refractivity contribution in [1.82, 2.24) is 15.0 Å². The molecule has 136 valence electrons. The predicted octanol–water partition coefficient (Wildman–Crippen LogP) is 3.51. The number of anilines is 3. The van der Waals surface area contributed by atoms with E-state index in [9.17, 15) is 0 Å². The Morgan fingerprint density at radius 2 is 1.85 bits per heavy atom. The topological polar surface area (TPSA) is 110 Å². The Bertz CT molecular complexity index is 955. The number of ether oxygens (including phenoxy) is 1. The van der Waals surface area contributed by atoms with Gasteiger partial charge in [-0.25, -0.2) is 0 Å². The number of nitriles is 1. The smallest absolute Gasteiger partial charge is 0.232 e. The third-order valence-corrected chi connectivity index (χ3v) is 4.64. The first-order valence-electron chi connectivity index (χ1n) is 8.15. The van der Waals surface area contributed by atoms with Gasteiger partial charge in [0, 0.05) is 5.75 Å². The minimum absolute atomic E-state index is 0.163. The van der Waals surface area contributed by atoms with Crippen LogP contribution in [0.1, 0.15) is 17.0 Å². The molecule has 0 amide bonds. The van der Waals surface area contributed by atoms with E-state index >= 15 is 0 Å². The molecule has 0 fully saturated rings. The lowest BCUT2D eigenvalue weighted by molar-refractivity contribution is 0.417. The van der Waals surface area contributed by atoms with E-state index in [-0.39, 0.29) is 5.95 Å². The van der Waals surface area contributed by atoms with Gasteiger partial charge in [-0.05, 0) is 29.8 Å². The van der Waals surface area contributed by atoms with Crippen LogP contribution in [-0.4, -0.2) is 22.1 Å². The minimum Gasteiger partial charge on any atom is -0.495 e. The highest BCUT2D eigenvalue weighted by Crippen LogP contribution is 2.26. The standard InChI is InChI=1S/C19H18N6OS/c1-26-16-5-3-2-4-15(16)22-19-24-17(23-18(21)25-19)12-27-11-14-8-6-13(10-20)7-9-14/h2-9H,11-12H2,1H3,(H3,21,22,23,24,25). The Hall–Kier alpha value is -3.31. The van der Waals surface area contributed by atoms with Gasteiger partial charge in [0.25, 0.3) is 0 Å². The number of nitrogen functional groups attached to an aromatic ring is 1. The molecule has 0 saturated heterocycles. The van der Waals surface area contributed by atoms with E-state index in [0.717, 1.165) is 17.0 Å². The maximum atomic E-state index is 8.84. The summed E-state index contributed by atoms with van der Waals surface area (Å²) >= 11 is 1.66. The van der Waals surface area contributed by atoms with Crippen LogP contribution in [0.4, 0.5) is 17.6 Å². The Morgan fingerprint density at radius 1 is 1.07 bits per heavy atom. The summed E-state index contributed by atoms with van der Waals surface area (Å²) in [6, 6.07) is 17.1.